The molecular weight excluding hydrogens is 384 g/mol. The maximum absolute atomic E-state index is 12.2. The van der Waals surface area contributed by atoms with Crippen LogP contribution >= 0.6 is 0 Å². The van der Waals surface area contributed by atoms with E-state index in [9.17, 15) is 4.79 Å². The molecule has 1 aromatic carbocycles. The minimum Gasteiger partial charge on any atom is -0.494 e. The minimum absolute atomic E-state index is 0.123. The molecule has 0 aliphatic heterocycles. The molecule has 29 heavy (non-hydrogen) atoms. The third kappa shape index (κ3) is 7.86. The molecule has 6 heteroatoms. The van der Waals surface area contributed by atoms with Crippen molar-refractivity contribution >= 4 is 20.4 Å². The molecule has 0 radical (unpaired) electrons. The van der Waals surface area contributed by atoms with Crippen LogP contribution in [-0.2, 0) is 25.3 Å². The van der Waals surface area contributed by atoms with Crippen molar-refractivity contribution < 1.29 is 23.4 Å². The summed E-state index contributed by atoms with van der Waals surface area (Å²) >= 11 is 0. The summed E-state index contributed by atoms with van der Waals surface area (Å²) in [5.41, 5.74) is 1.80. The van der Waals surface area contributed by atoms with Crippen LogP contribution in [0.25, 0.3) is 6.08 Å². The van der Waals surface area contributed by atoms with Gasteiger partial charge in [0.15, 0.2) is 8.32 Å². The first-order chi connectivity index (χ1) is 13.4. The van der Waals surface area contributed by atoms with Gasteiger partial charge in [-0.05, 0) is 69.6 Å². The van der Waals surface area contributed by atoms with Gasteiger partial charge in [0, 0.05) is 5.56 Å². The van der Waals surface area contributed by atoms with Crippen LogP contribution in [0.3, 0.4) is 0 Å². The molecule has 0 N–H and O–H groups in total. The molecule has 0 aromatic heterocycles. The van der Waals surface area contributed by atoms with Gasteiger partial charge in [-0.3, -0.25) is 0 Å². The predicted octanol–water partition coefficient (Wildman–Crippen LogP) is 5.94. The Labute approximate surface area is 177 Å². The predicted molar refractivity (Wildman–Crippen MR) is 120 cm³/mol. The van der Waals surface area contributed by atoms with E-state index in [2.05, 4.69) is 33.9 Å². The number of carbonyl (C=O) groups is 1. The fraction of sp³-hybridized carbons (Fsp3) is 0.609. The summed E-state index contributed by atoms with van der Waals surface area (Å²) < 4.78 is 23.0. The van der Waals surface area contributed by atoms with Gasteiger partial charge in [-0.2, -0.15) is 0 Å². The van der Waals surface area contributed by atoms with Gasteiger partial charge >= 0.3 is 5.97 Å². The summed E-state index contributed by atoms with van der Waals surface area (Å²) in [6.45, 7) is 19.9. The molecular formula is C23H38O5Si. The van der Waals surface area contributed by atoms with Gasteiger partial charge in [0.25, 0.3) is 0 Å². The second-order valence-electron chi connectivity index (χ2n) is 8.74. The van der Waals surface area contributed by atoms with Crippen molar-refractivity contribution in [1.29, 1.82) is 0 Å². The molecule has 0 bridgehead atoms. The van der Waals surface area contributed by atoms with E-state index >= 15 is 0 Å². The van der Waals surface area contributed by atoms with Crippen LogP contribution in [0, 0.1) is 0 Å². The van der Waals surface area contributed by atoms with Crippen molar-refractivity contribution in [1.82, 2.24) is 0 Å². The molecule has 164 valence electrons. The zero-order valence-corrected chi connectivity index (χ0v) is 20.5. The fourth-order valence-corrected chi connectivity index (χ4v) is 3.27. The van der Waals surface area contributed by atoms with Crippen molar-refractivity contribution in [2.75, 3.05) is 13.2 Å². The van der Waals surface area contributed by atoms with Gasteiger partial charge in [0.1, 0.15) is 5.75 Å². The molecule has 0 aliphatic carbocycles. The highest BCUT2D eigenvalue weighted by Crippen LogP contribution is 2.37. The first-order valence-electron chi connectivity index (χ1n) is 10.4. The largest absolute Gasteiger partial charge is 0.494 e. The number of esters is 1. The van der Waals surface area contributed by atoms with Gasteiger partial charge in [-0.15, -0.1) is 0 Å². The maximum Gasteiger partial charge on any atom is 0.373 e. The lowest BCUT2D eigenvalue weighted by atomic mass is 10.1. The van der Waals surface area contributed by atoms with Gasteiger partial charge in [0.05, 0.1) is 25.9 Å². The first kappa shape index (κ1) is 25.2. The van der Waals surface area contributed by atoms with Crippen LogP contribution in [0.4, 0.5) is 0 Å². The van der Waals surface area contributed by atoms with E-state index in [-0.39, 0.29) is 16.9 Å². The zero-order valence-electron chi connectivity index (χ0n) is 19.5. The van der Waals surface area contributed by atoms with Gasteiger partial charge in [0.2, 0.25) is 5.76 Å². The second-order valence-corrected chi connectivity index (χ2v) is 13.6. The zero-order chi connectivity index (χ0) is 22.2. The Kier molecular flexibility index (Phi) is 9.43. The minimum atomic E-state index is -1.90. The van der Waals surface area contributed by atoms with Gasteiger partial charge < -0.3 is 18.6 Å². The number of hydrogen-bond acceptors (Lipinski definition) is 5. The molecule has 0 heterocycles. The number of hydrogen-bond donors (Lipinski definition) is 0. The van der Waals surface area contributed by atoms with E-state index < -0.39 is 14.3 Å². The highest BCUT2D eigenvalue weighted by atomic mass is 28.4. The van der Waals surface area contributed by atoms with Gasteiger partial charge in [-0.1, -0.05) is 26.8 Å². The summed E-state index contributed by atoms with van der Waals surface area (Å²) in [4.78, 5) is 12.2. The third-order valence-electron chi connectivity index (χ3n) is 4.92. The Bertz CT molecular complexity index is 702. The van der Waals surface area contributed by atoms with Crippen LogP contribution in [0.5, 0.6) is 5.75 Å². The topological polar surface area (TPSA) is 54.0 Å². The van der Waals surface area contributed by atoms with E-state index in [0.717, 1.165) is 16.9 Å². The number of benzene rings is 1. The van der Waals surface area contributed by atoms with Crippen LogP contribution in [-0.4, -0.2) is 33.6 Å². The Morgan fingerprint density at radius 1 is 1.14 bits per heavy atom. The number of carbonyl (C=O) groups excluding carboxylic acids is 1. The van der Waals surface area contributed by atoms with E-state index in [4.69, 9.17) is 18.6 Å². The second kappa shape index (κ2) is 10.8. The molecule has 0 spiro atoms. The SMILES string of the molecule is CCOC(=O)/C(=C/c1ccc(OCC)c(CO[Si](C)(C)C(C)(C)C)c1)OC(C)C. The van der Waals surface area contributed by atoms with Crippen molar-refractivity contribution in [3.63, 3.8) is 0 Å². The summed E-state index contributed by atoms with van der Waals surface area (Å²) in [6, 6.07) is 5.81. The molecule has 0 fully saturated rings. The van der Waals surface area contributed by atoms with Crippen LogP contribution < -0.4 is 4.74 Å². The fourth-order valence-electron chi connectivity index (χ4n) is 2.32. The summed E-state index contributed by atoms with van der Waals surface area (Å²) in [7, 11) is -1.90. The average molecular weight is 423 g/mol. The molecule has 0 aliphatic rings. The molecule has 0 saturated carbocycles. The lowest BCUT2D eigenvalue weighted by molar-refractivity contribution is -0.143. The molecule has 1 aromatic rings. The Hall–Kier alpha value is -1.79. The quantitative estimate of drug-likeness (QED) is 0.202. The number of ether oxygens (including phenoxy) is 3. The summed E-state index contributed by atoms with van der Waals surface area (Å²) in [5.74, 6) is 0.530. The van der Waals surface area contributed by atoms with Crippen molar-refractivity contribution in [2.24, 2.45) is 0 Å². The Morgan fingerprint density at radius 2 is 1.79 bits per heavy atom. The molecule has 0 amide bonds. The van der Waals surface area contributed by atoms with Crippen molar-refractivity contribution in [3.05, 3.63) is 35.1 Å². The molecule has 5 nitrogen and oxygen atoms in total. The Balaban J connectivity index is 3.23. The monoisotopic (exact) mass is 422 g/mol. The highest BCUT2D eigenvalue weighted by Gasteiger charge is 2.37. The Morgan fingerprint density at radius 3 is 2.31 bits per heavy atom. The lowest BCUT2D eigenvalue weighted by Gasteiger charge is -2.36. The van der Waals surface area contributed by atoms with Crippen LogP contribution in [0.15, 0.2) is 24.0 Å². The molecule has 0 atom stereocenters. The average Bonchev–Trinajstić information content (AvgIpc) is 2.60. The van der Waals surface area contributed by atoms with Crippen LogP contribution in [0.2, 0.25) is 18.1 Å². The van der Waals surface area contributed by atoms with E-state index in [1.807, 2.05) is 39.0 Å². The molecule has 1 rings (SSSR count). The van der Waals surface area contributed by atoms with E-state index in [1.54, 1.807) is 13.0 Å². The lowest BCUT2D eigenvalue weighted by Crippen LogP contribution is -2.40. The van der Waals surface area contributed by atoms with E-state index in [1.165, 1.54) is 0 Å². The highest BCUT2D eigenvalue weighted by molar-refractivity contribution is 6.74. The maximum atomic E-state index is 12.2. The third-order valence-corrected chi connectivity index (χ3v) is 9.39. The van der Waals surface area contributed by atoms with Crippen LogP contribution in [0.1, 0.15) is 59.6 Å². The smallest absolute Gasteiger partial charge is 0.373 e. The molecule has 0 unspecified atom stereocenters. The normalized spacial score (nSPS) is 12.8. The summed E-state index contributed by atoms with van der Waals surface area (Å²) in [5, 5.41) is 0.123. The van der Waals surface area contributed by atoms with Crippen molar-refractivity contribution in [3.8, 4) is 5.75 Å². The van der Waals surface area contributed by atoms with Crippen molar-refractivity contribution in [2.45, 2.75) is 79.3 Å². The van der Waals surface area contributed by atoms with E-state index in [0.29, 0.717) is 19.8 Å². The molecule has 0 saturated heterocycles. The first-order valence-corrected chi connectivity index (χ1v) is 13.3. The van der Waals surface area contributed by atoms with Gasteiger partial charge in [-0.25, -0.2) is 4.79 Å². The number of rotatable bonds is 10. The standard InChI is InChI=1S/C23H38O5Si/c1-10-25-20-13-12-18(15-21(28-17(3)4)22(24)26-11-2)14-19(20)16-27-29(8,9)23(5,6)7/h12-15,17H,10-11,16H2,1-9H3/b21-15-. The summed E-state index contributed by atoms with van der Waals surface area (Å²) in [6.07, 6.45) is 1.58.